The Morgan fingerprint density at radius 2 is 1.95 bits per heavy atom. The van der Waals surface area contributed by atoms with Crippen molar-refractivity contribution in [1.29, 1.82) is 0 Å². The van der Waals surface area contributed by atoms with Gasteiger partial charge in [-0.05, 0) is 24.3 Å². The zero-order chi connectivity index (χ0) is 14.3. The zero-order valence-corrected chi connectivity index (χ0v) is 11.4. The average Bonchev–Trinajstić information content (AvgIpc) is 2.82. The van der Waals surface area contributed by atoms with E-state index in [-0.39, 0.29) is 11.3 Å². The highest BCUT2D eigenvalue weighted by Crippen LogP contribution is 2.31. The standard InChI is InChI=1S/C14H6Cl2FNO2/c15-9-1-7-3-12(20-14(7)11(16)4-9)13(19)8-2-10(17)6-18-5-8/h1-6H. The van der Waals surface area contributed by atoms with Gasteiger partial charge in [-0.2, -0.15) is 0 Å². The maximum Gasteiger partial charge on any atom is 0.229 e. The predicted octanol–water partition coefficient (Wildman–Crippen LogP) is 4.50. The van der Waals surface area contributed by atoms with Crippen molar-refractivity contribution >= 4 is 40.0 Å². The highest BCUT2D eigenvalue weighted by Gasteiger charge is 2.17. The molecule has 0 spiro atoms. The fourth-order valence-electron chi connectivity index (χ4n) is 1.87. The molecular weight excluding hydrogens is 304 g/mol. The molecule has 0 unspecified atom stereocenters. The smallest absolute Gasteiger partial charge is 0.229 e. The molecule has 0 fully saturated rings. The van der Waals surface area contributed by atoms with Crippen molar-refractivity contribution < 1.29 is 13.6 Å². The Hall–Kier alpha value is -1.91. The van der Waals surface area contributed by atoms with E-state index in [1.807, 2.05) is 0 Å². The first-order valence-electron chi connectivity index (χ1n) is 5.58. The first-order chi connectivity index (χ1) is 9.54. The van der Waals surface area contributed by atoms with Crippen LogP contribution in [0.2, 0.25) is 10.0 Å². The van der Waals surface area contributed by atoms with Gasteiger partial charge in [0, 0.05) is 22.2 Å². The Kier molecular flexibility index (Phi) is 3.20. The van der Waals surface area contributed by atoms with Gasteiger partial charge in [0.2, 0.25) is 5.78 Å². The molecule has 20 heavy (non-hydrogen) atoms. The number of pyridine rings is 1. The van der Waals surface area contributed by atoms with E-state index in [2.05, 4.69) is 4.98 Å². The molecule has 2 heterocycles. The summed E-state index contributed by atoms with van der Waals surface area (Å²) < 4.78 is 18.5. The van der Waals surface area contributed by atoms with Gasteiger partial charge in [0.1, 0.15) is 5.82 Å². The molecule has 0 aliphatic heterocycles. The topological polar surface area (TPSA) is 43.1 Å². The molecule has 0 bridgehead atoms. The van der Waals surface area contributed by atoms with Gasteiger partial charge in [-0.1, -0.05) is 23.2 Å². The largest absolute Gasteiger partial charge is 0.451 e. The third kappa shape index (κ3) is 2.28. The van der Waals surface area contributed by atoms with Crippen LogP contribution in [-0.2, 0) is 0 Å². The molecule has 1 aromatic carbocycles. The predicted molar refractivity (Wildman–Crippen MR) is 73.9 cm³/mol. The molecule has 0 aliphatic rings. The number of benzene rings is 1. The van der Waals surface area contributed by atoms with E-state index in [1.54, 1.807) is 6.07 Å². The van der Waals surface area contributed by atoms with E-state index >= 15 is 0 Å². The van der Waals surface area contributed by atoms with E-state index in [1.165, 1.54) is 18.3 Å². The summed E-state index contributed by atoms with van der Waals surface area (Å²) in [7, 11) is 0. The highest BCUT2D eigenvalue weighted by atomic mass is 35.5. The molecule has 0 N–H and O–H groups in total. The molecule has 3 aromatic rings. The van der Waals surface area contributed by atoms with Crippen LogP contribution < -0.4 is 0 Å². The third-order valence-electron chi connectivity index (χ3n) is 2.73. The minimum absolute atomic E-state index is 0.0524. The number of furan rings is 1. The number of hydrogen-bond donors (Lipinski definition) is 0. The molecule has 0 atom stereocenters. The van der Waals surface area contributed by atoms with Crippen LogP contribution in [0, 0.1) is 5.82 Å². The Balaban J connectivity index is 2.11. The number of nitrogens with zero attached hydrogens (tertiary/aromatic N) is 1. The molecule has 0 saturated carbocycles. The number of halogens is 3. The van der Waals surface area contributed by atoms with E-state index < -0.39 is 11.6 Å². The SMILES string of the molecule is O=C(c1cncc(F)c1)c1cc2cc(Cl)cc(Cl)c2o1. The highest BCUT2D eigenvalue weighted by molar-refractivity contribution is 6.38. The Morgan fingerprint density at radius 1 is 1.15 bits per heavy atom. The molecule has 3 rings (SSSR count). The summed E-state index contributed by atoms with van der Waals surface area (Å²) in [5.74, 6) is -1.01. The lowest BCUT2D eigenvalue weighted by molar-refractivity contribution is 0.101. The monoisotopic (exact) mass is 309 g/mol. The second-order valence-electron chi connectivity index (χ2n) is 4.14. The number of fused-ring (bicyclic) bond motifs is 1. The quantitative estimate of drug-likeness (QED) is 0.654. The van der Waals surface area contributed by atoms with E-state index in [4.69, 9.17) is 27.6 Å². The van der Waals surface area contributed by atoms with Crippen LogP contribution in [0.4, 0.5) is 4.39 Å². The normalized spacial score (nSPS) is 10.9. The molecule has 0 saturated heterocycles. The third-order valence-corrected chi connectivity index (χ3v) is 3.23. The summed E-state index contributed by atoms with van der Waals surface area (Å²) >= 11 is 11.9. The summed E-state index contributed by atoms with van der Waals surface area (Å²) in [4.78, 5) is 15.8. The number of aromatic nitrogens is 1. The summed E-state index contributed by atoms with van der Waals surface area (Å²) in [6.07, 6.45) is 2.29. The van der Waals surface area contributed by atoms with Crippen molar-refractivity contribution in [2.45, 2.75) is 0 Å². The van der Waals surface area contributed by atoms with Crippen LogP contribution in [0.3, 0.4) is 0 Å². The average molecular weight is 310 g/mol. The fraction of sp³-hybridized carbons (Fsp3) is 0. The Morgan fingerprint density at radius 3 is 2.70 bits per heavy atom. The Labute approximate surface area is 122 Å². The van der Waals surface area contributed by atoms with Gasteiger partial charge in [-0.15, -0.1) is 0 Å². The van der Waals surface area contributed by atoms with Gasteiger partial charge in [-0.3, -0.25) is 9.78 Å². The lowest BCUT2D eigenvalue weighted by Crippen LogP contribution is -2.00. The van der Waals surface area contributed by atoms with Crippen LogP contribution >= 0.6 is 23.2 Å². The van der Waals surface area contributed by atoms with Crippen LogP contribution in [0.15, 0.2) is 41.1 Å². The first kappa shape index (κ1) is 13.1. The summed E-state index contributed by atoms with van der Waals surface area (Å²) in [6, 6.07) is 5.76. The number of carbonyl (C=O) groups is 1. The van der Waals surface area contributed by atoms with Gasteiger partial charge in [0.05, 0.1) is 11.2 Å². The minimum atomic E-state index is -0.590. The lowest BCUT2D eigenvalue weighted by Gasteiger charge is -1.96. The van der Waals surface area contributed by atoms with E-state index in [0.717, 1.165) is 12.3 Å². The molecule has 2 aromatic heterocycles. The Bertz CT molecular complexity index is 829. The number of carbonyl (C=O) groups excluding carboxylic acids is 1. The van der Waals surface area contributed by atoms with E-state index in [0.29, 0.717) is 21.0 Å². The summed E-state index contributed by atoms with van der Waals surface area (Å²) in [6.45, 7) is 0. The van der Waals surface area contributed by atoms with Crippen molar-refractivity contribution in [3.05, 3.63) is 63.8 Å². The molecule has 100 valence electrons. The van der Waals surface area contributed by atoms with Crippen LogP contribution in [0.5, 0.6) is 0 Å². The van der Waals surface area contributed by atoms with Crippen LogP contribution in [0.25, 0.3) is 11.0 Å². The van der Waals surface area contributed by atoms with Crippen molar-refractivity contribution in [2.24, 2.45) is 0 Å². The fourth-order valence-corrected chi connectivity index (χ4v) is 2.41. The van der Waals surface area contributed by atoms with E-state index in [9.17, 15) is 9.18 Å². The first-order valence-corrected chi connectivity index (χ1v) is 6.34. The number of rotatable bonds is 2. The van der Waals surface area contributed by atoms with Crippen molar-refractivity contribution in [3.8, 4) is 0 Å². The molecular formula is C14H6Cl2FNO2. The van der Waals surface area contributed by atoms with Crippen molar-refractivity contribution in [2.75, 3.05) is 0 Å². The second kappa shape index (κ2) is 4.89. The maximum absolute atomic E-state index is 13.1. The molecule has 0 amide bonds. The van der Waals surface area contributed by atoms with Crippen molar-refractivity contribution in [1.82, 2.24) is 4.98 Å². The van der Waals surface area contributed by atoms with Gasteiger partial charge in [-0.25, -0.2) is 4.39 Å². The molecule has 3 nitrogen and oxygen atoms in total. The summed E-state index contributed by atoms with van der Waals surface area (Å²) in [5.41, 5.74) is 0.468. The van der Waals surface area contributed by atoms with Crippen LogP contribution in [-0.4, -0.2) is 10.8 Å². The minimum Gasteiger partial charge on any atom is -0.451 e. The maximum atomic E-state index is 13.1. The van der Waals surface area contributed by atoms with Crippen molar-refractivity contribution in [3.63, 3.8) is 0 Å². The molecule has 0 aliphatic carbocycles. The lowest BCUT2D eigenvalue weighted by atomic mass is 10.1. The van der Waals surface area contributed by atoms with Gasteiger partial charge < -0.3 is 4.42 Å². The number of ketones is 1. The van der Waals surface area contributed by atoms with Gasteiger partial charge >= 0.3 is 0 Å². The summed E-state index contributed by atoms with van der Waals surface area (Å²) in [5, 5.41) is 1.36. The second-order valence-corrected chi connectivity index (χ2v) is 4.98. The van der Waals surface area contributed by atoms with Gasteiger partial charge in [0.25, 0.3) is 0 Å². The van der Waals surface area contributed by atoms with Crippen LogP contribution in [0.1, 0.15) is 16.1 Å². The molecule has 6 heteroatoms. The number of hydrogen-bond acceptors (Lipinski definition) is 3. The zero-order valence-electron chi connectivity index (χ0n) is 9.86. The molecule has 0 radical (unpaired) electrons. The van der Waals surface area contributed by atoms with Gasteiger partial charge in [0.15, 0.2) is 11.3 Å².